The van der Waals surface area contributed by atoms with Gasteiger partial charge in [0, 0.05) is 25.7 Å². The molecule has 112 valence electrons. The van der Waals surface area contributed by atoms with Gasteiger partial charge in [0.2, 0.25) is 5.91 Å². The third kappa shape index (κ3) is 5.49. The second-order valence-corrected chi connectivity index (χ2v) is 5.78. The Balaban J connectivity index is 2.28. The van der Waals surface area contributed by atoms with Crippen LogP contribution in [0.5, 0.6) is 0 Å². The molecular formula is C15H31N3O. The van der Waals surface area contributed by atoms with Crippen LogP contribution in [0.15, 0.2) is 0 Å². The number of nitrogens with zero attached hydrogens (tertiary/aromatic N) is 2. The molecule has 4 nitrogen and oxygen atoms in total. The van der Waals surface area contributed by atoms with Crippen molar-refractivity contribution in [2.75, 3.05) is 33.7 Å². The Bertz CT molecular complexity index is 262. The molecule has 0 aromatic rings. The topological polar surface area (TPSA) is 35.6 Å². The zero-order valence-corrected chi connectivity index (χ0v) is 13.1. The summed E-state index contributed by atoms with van der Waals surface area (Å²) >= 11 is 0. The van der Waals surface area contributed by atoms with Gasteiger partial charge in [-0.05, 0) is 52.6 Å². The van der Waals surface area contributed by atoms with Gasteiger partial charge in [0.05, 0.1) is 6.54 Å². The molecule has 0 aromatic carbocycles. The molecule has 0 heterocycles. The second-order valence-electron chi connectivity index (χ2n) is 5.78. The lowest BCUT2D eigenvalue weighted by molar-refractivity contribution is -0.131. The van der Waals surface area contributed by atoms with E-state index in [1.54, 1.807) is 4.90 Å². The number of likely N-dealkylation sites (N-methyl/N-ethyl adjacent to an activating group) is 2. The summed E-state index contributed by atoms with van der Waals surface area (Å²) in [5.74, 6) is 0.233. The molecule has 1 aliphatic carbocycles. The number of nitrogens with one attached hydrogen (secondary N) is 1. The maximum Gasteiger partial charge on any atom is 0.236 e. The van der Waals surface area contributed by atoms with Crippen LogP contribution in [0.3, 0.4) is 0 Å². The van der Waals surface area contributed by atoms with E-state index in [0.717, 1.165) is 13.1 Å². The third-order valence-corrected chi connectivity index (χ3v) is 4.29. The van der Waals surface area contributed by atoms with E-state index < -0.39 is 0 Å². The van der Waals surface area contributed by atoms with Gasteiger partial charge in [-0.2, -0.15) is 0 Å². The number of carbonyl (C=O) groups excluding carboxylic acids is 1. The smallest absolute Gasteiger partial charge is 0.236 e. The minimum absolute atomic E-state index is 0.233. The van der Waals surface area contributed by atoms with Crippen molar-refractivity contribution in [2.45, 2.75) is 58.0 Å². The van der Waals surface area contributed by atoms with Crippen LogP contribution in [0, 0.1) is 0 Å². The van der Waals surface area contributed by atoms with Crippen LogP contribution in [0.25, 0.3) is 0 Å². The summed E-state index contributed by atoms with van der Waals surface area (Å²) < 4.78 is 0. The lowest BCUT2D eigenvalue weighted by Crippen LogP contribution is -2.45. The predicted molar refractivity (Wildman–Crippen MR) is 80.3 cm³/mol. The molecule has 1 rings (SSSR count). The zero-order valence-electron chi connectivity index (χ0n) is 13.1. The van der Waals surface area contributed by atoms with Crippen molar-refractivity contribution in [1.29, 1.82) is 0 Å². The van der Waals surface area contributed by atoms with E-state index in [1.165, 1.54) is 32.1 Å². The number of hydrogen-bond donors (Lipinski definition) is 1. The molecule has 1 N–H and O–H groups in total. The van der Waals surface area contributed by atoms with Gasteiger partial charge in [0.1, 0.15) is 0 Å². The largest absolute Gasteiger partial charge is 0.345 e. The minimum atomic E-state index is 0.233. The van der Waals surface area contributed by atoms with Crippen LogP contribution in [0.2, 0.25) is 0 Å². The summed E-state index contributed by atoms with van der Waals surface area (Å²) in [6.07, 6.45) is 6.11. The van der Waals surface area contributed by atoms with E-state index in [1.807, 2.05) is 14.0 Å². The summed E-state index contributed by atoms with van der Waals surface area (Å²) in [5, 5.41) is 3.61. The molecule has 19 heavy (non-hydrogen) atoms. The van der Waals surface area contributed by atoms with E-state index in [0.29, 0.717) is 18.6 Å². The normalized spacial score (nSPS) is 23.6. The maximum atomic E-state index is 11.9. The van der Waals surface area contributed by atoms with Gasteiger partial charge in [-0.15, -0.1) is 0 Å². The van der Waals surface area contributed by atoms with Crippen LogP contribution in [0.1, 0.15) is 46.0 Å². The van der Waals surface area contributed by atoms with Crippen LogP contribution >= 0.6 is 0 Å². The van der Waals surface area contributed by atoms with Crippen molar-refractivity contribution < 1.29 is 4.79 Å². The average molecular weight is 269 g/mol. The summed E-state index contributed by atoms with van der Waals surface area (Å²) in [5.41, 5.74) is 0. The lowest BCUT2D eigenvalue weighted by Gasteiger charge is -2.35. The highest BCUT2D eigenvalue weighted by Crippen LogP contribution is 2.22. The van der Waals surface area contributed by atoms with E-state index in [-0.39, 0.29) is 5.91 Å². The molecule has 1 amide bonds. The summed E-state index contributed by atoms with van der Waals surface area (Å²) in [4.78, 5) is 15.9. The predicted octanol–water partition coefficient (Wildman–Crippen LogP) is 1.71. The molecule has 0 unspecified atom stereocenters. The van der Waals surface area contributed by atoms with Gasteiger partial charge < -0.3 is 10.2 Å². The van der Waals surface area contributed by atoms with Crippen molar-refractivity contribution in [3.8, 4) is 0 Å². The van der Waals surface area contributed by atoms with Gasteiger partial charge in [-0.1, -0.05) is 6.92 Å². The third-order valence-electron chi connectivity index (χ3n) is 4.29. The molecule has 1 fully saturated rings. The highest BCUT2D eigenvalue weighted by atomic mass is 16.2. The first-order chi connectivity index (χ1) is 9.08. The molecule has 0 saturated heterocycles. The molecule has 1 aliphatic rings. The molecule has 0 atom stereocenters. The summed E-state index contributed by atoms with van der Waals surface area (Å²) in [6.45, 7) is 6.71. The Morgan fingerprint density at radius 2 is 1.79 bits per heavy atom. The van der Waals surface area contributed by atoms with E-state index in [2.05, 4.69) is 24.2 Å². The Kier molecular flexibility index (Phi) is 7.39. The van der Waals surface area contributed by atoms with Gasteiger partial charge in [-0.25, -0.2) is 0 Å². The number of rotatable bonds is 7. The van der Waals surface area contributed by atoms with Gasteiger partial charge in [-0.3, -0.25) is 9.69 Å². The van der Waals surface area contributed by atoms with Crippen LogP contribution < -0.4 is 5.32 Å². The monoisotopic (exact) mass is 269 g/mol. The summed E-state index contributed by atoms with van der Waals surface area (Å²) in [7, 11) is 3.97. The van der Waals surface area contributed by atoms with Gasteiger partial charge >= 0.3 is 0 Å². The van der Waals surface area contributed by atoms with Crippen LogP contribution in [-0.2, 0) is 4.79 Å². The Morgan fingerprint density at radius 3 is 2.32 bits per heavy atom. The molecule has 0 aliphatic heterocycles. The van der Waals surface area contributed by atoms with E-state index in [4.69, 9.17) is 0 Å². The van der Waals surface area contributed by atoms with Crippen LogP contribution in [-0.4, -0.2) is 61.5 Å². The van der Waals surface area contributed by atoms with Crippen molar-refractivity contribution in [3.05, 3.63) is 0 Å². The van der Waals surface area contributed by atoms with Gasteiger partial charge in [0.15, 0.2) is 0 Å². The minimum Gasteiger partial charge on any atom is -0.345 e. The molecule has 4 heteroatoms. The first-order valence-corrected chi connectivity index (χ1v) is 7.76. The molecule has 1 saturated carbocycles. The first kappa shape index (κ1) is 16.4. The Labute approximate surface area is 118 Å². The molecule has 0 spiro atoms. The maximum absolute atomic E-state index is 11.9. The highest BCUT2D eigenvalue weighted by Gasteiger charge is 2.25. The van der Waals surface area contributed by atoms with Gasteiger partial charge in [0.25, 0.3) is 0 Å². The molecule has 0 aromatic heterocycles. The number of hydrogen-bond acceptors (Lipinski definition) is 3. The molecule has 0 bridgehead atoms. The fraction of sp³-hybridized carbons (Fsp3) is 0.933. The number of carbonyl (C=O) groups is 1. The van der Waals surface area contributed by atoms with Crippen molar-refractivity contribution in [1.82, 2.24) is 15.1 Å². The summed E-state index contributed by atoms with van der Waals surface area (Å²) in [6, 6.07) is 1.27. The average Bonchev–Trinajstić information content (AvgIpc) is 2.44. The fourth-order valence-electron chi connectivity index (χ4n) is 2.71. The Hall–Kier alpha value is -0.610. The lowest BCUT2D eigenvalue weighted by atomic mass is 9.90. The molecular weight excluding hydrogens is 238 g/mol. The van der Waals surface area contributed by atoms with E-state index >= 15 is 0 Å². The van der Waals surface area contributed by atoms with Crippen LogP contribution in [0.4, 0.5) is 0 Å². The second kappa shape index (κ2) is 8.54. The fourth-order valence-corrected chi connectivity index (χ4v) is 2.71. The number of amides is 1. The zero-order chi connectivity index (χ0) is 14.3. The first-order valence-electron chi connectivity index (χ1n) is 7.76. The SMILES string of the molecule is CCCNC1CCC(N(C)CC(=O)N(C)CC)CC1. The quantitative estimate of drug-likeness (QED) is 0.764. The highest BCUT2D eigenvalue weighted by molar-refractivity contribution is 5.77. The molecule has 0 radical (unpaired) electrons. The van der Waals surface area contributed by atoms with Crippen molar-refractivity contribution in [3.63, 3.8) is 0 Å². The van der Waals surface area contributed by atoms with Crippen molar-refractivity contribution >= 4 is 5.91 Å². The van der Waals surface area contributed by atoms with Crippen molar-refractivity contribution in [2.24, 2.45) is 0 Å². The van der Waals surface area contributed by atoms with E-state index in [9.17, 15) is 4.79 Å². The Morgan fingerprint density at radius 1 is 1.16 bits per heavy atom. The standard InChI is InChI=1S/C15H31N3O/c1-5-11-16-13-7-9-14(10-8-13)18(4)12-15(19)17(3)6-2/h13-14,16H,5-12H2,1-4H3.